The molecule has 5 heteroatoms. The second-order valence-corrected chi connectivity index (χ2v) is 6.66. The Balaban J connectivity index is 1.62. The van der Waals surface area contributed by atoms with Gasteiger partial charge in [-0.1, -0.05) is 6.92 Å². The molecule has 2 aliphatic rings. The Morgan fingerprint density at radius 3 is 1.86 bits per heavy atom. The molecule has 0 aromatic rings. The number of likely N-dealkylation sites (N-methyl/N-ethyl adjacent to an activating group) is 1. The van der Waals surface area contributed by atoms with Gasteiger partial charge in [-0.3, -0.25) is 14.7 Å². The second kappa shape index (κ2) is 9.06. The summed E-state index contributed by atoms with van der Waals surface area (Å²) < 4.78 is 0. The molecule has 0 aliphatic carbocycles. The highest BCUT2D eigenvalue weighted by molar-refractivity contribution is 4.79. The zero-order valence-corrected chi connectivity index (χ0v) is 14.1. The van der Waals surface area contributed by atoms with Crippen LogP contribution in [0.25, 0.3) is 0 Å². The van der Waals surface area contributed by atoms with Gasteiger partial charge in [-0.15, -0.1) is 0 Å². The first kappa shape index (κ1) is 17.2. The van der Waals surface area contributed by atoms with Crippen LogP contribution in [0.3, 0.4) is 0 Å². The standard InChI is InChI=1S/C16H35N5/c1-3-16(4-5-17)21-14-12-20(13-15-21)11-10-19-8-6-18(2)7-9-19/h16H,3-15,17H2,1-2H3. The lowest BCUT2D eigenvalue weighted by Crippen LogP contribution is -2.53. The van der Waals surface area contributed by atoms with Gasteiger partial charge in [-0.25, -0.2) is 0 Å². The molecule has 0 radical (unpaired) electrons. The average Bonchev–Trinajstić information content (AvgIpc) is 2.53. The van der Waals surface area contributed by atoms with E-state index < -0.39 is 0 Å². The second-order valence-electron chi connectivity index (χ2n) is 6.66. The molecule has 2 N–H and O–H groups in total. The molecule has 1 atom stereocenters. The first-order valence-electron chi connectivity index (χ1n) is 8.80. The topological polar surface area (TPSA) is 39.0 Å². The fourth-order valence-corrected chi connectivity index (χ4v) is 3.54. The van der Waals surface area contributed by atoms with E-state index in [2.05, 4.69) is 33.6 Å². The Bertz CT molecular complexity index is 270. The zero-order valence-electron chi connectivity index (χ0n) is 14.1. The van der Waals surface area contributed by atoms with E-state index in [1.165, 1.54) is 71.9 Å². The van der Waals surface area contributed by atoms with Gasteiger partial charge in [0, 0.05) is 71.5 Å². The molecule has 2 heterocycles. The largest absolute Gasteiger partial charge is 0.330 e. The van der Waals surface area contributed by atoms with E-state index in [0.717, 1.165) is 13.0 Å². The lowest BCUT2D eigenvalue weighted by molar-refractivity contribution is 0.0765. The molecule has 2 aliphatic heterocycles. The Kier molecular flexibility index (Phi) is 7.40. The van der Waals surface area contributed by atoms with Gasteiger partial charge in [-0.05, 0) is 26.4 Å². The highest BCUT2D eigenvalue weighted by atomic mass is 15.3. The summed E-state index contributed by atoms with van der Waals surface area (Å²) >= 11 is 0. The lowest BCUT2D eigenvalue weighted by atomic mass is 10.1. The zero-order chi connectivity index (χ0) is 15.1. The van der Waals surface area contributed by atoms with Crippen molar-refractivity contribution in [3.8, 4) is 0 Å². The van der Waals surface area contributed by atoms with Gasteiger partial charge < -0.3 is 10.6 Å². The van der Waals surface area contributed by atoms with Crippen molar-refractivity contribution in [2.24, 2.45) is 5.73 Å². The third-order valence-corrected chi connectivity index (χ3v) is 5.22. The fourth-order valence-electron chi connectivity index (χ4n) is 3.54. The van der Waals surface area contributed by atoms with Crippen LogP contribution in [0, 0.1) is 0 Å². The predicted molar refractivity (Wildman–Crippen MR) is 89.7 cm³/mol. The molecule has 2 rings (SSSR count). The van der Waals surface area contributed by atoms with Gasteiger partial charge in [-0.2, -0.15) is 0 Å². The summed E-state index contributed by atoms with van der Waals surface area (Å²) in [7, 11) is 2.22. The molecule has 1 unspecified atom stereocenters. The van der Waals surface area contributed by atoms with E-state index in [4.69, 9.17) is 5.73 Å². The van der Waals surface area contributed by atoms with Crippen molar-refractivity contribution < 1.29 is 0 Å². The maximum absolute atomic E-state index is 5.73. The number of nitrogens with zero attached hydrogens (tertiary/aromatic N) is 4. The van der Waals surface area contributed by atoms with Crippen molar-refractivity contribution in [1.29, 1.82) is 0 Å². The Labute approximate surface area is 131 Å². The maximum atomic E-state index is 5.73. The van der Waals surface area contributed by atoms with Gasteiger partial charge in [0.25, 0.3) is 0 Å². The van der Waals surface area contributed by atoms with Crippen LogP contribution in [0.4, 0.5) is 0 Å². The summed E-state index contributed by atoms with van der Waals surface area (Å²) in [4.78, 5) is 10.3. The van der Waals surface area contributed by atoms with Crippen molar-refractivity contribution in [3.63, 3.8) is 0 Å². The number of hydrogen-bond donors (Lipinski definition) is 1. The predicted octanol–water partition coefficient (Wildman–Crippen LogP) is -0.0212. The minimum Gasteiger partial charge on any atom is -0.330 e. The molecule has 5 nitrogen and oxygen atoms in total. The van der Waals surface area contributed by atoms with E-state index in [9.17, 15) is 0 Å². The normalized spacial score (nSPS) is 25.3. The molecule has 124 valence electrons. The molecule has 0 saturated carbocycles. The summed E-state index contributed by atoms with van der Waals surface area (Å²) in [6.45, 7) is 15.4. The van der Waals surface area contributed by atoms with E-state index >= 15 is 0 Å². The number of nitrogens with two attached hydrogens (primary N) is 1. The maximum Gasteiger partial charge on any atom is 0.0113 e. The van der Waals surface area contributed by atoms with Crippen LogP contribution in [-0.2, 0) is 0 Å². The summed E-state index contributed by atoms with van der Waals surface area (Å²) in [6, 6.07) is 0.704. The molecule has 0 aromatic heterocycles. The molecular formula is C16H35N5. The summed E-state index contributed by atoms with van der Waals surface area (Å²) in [5.74, 6) is 0. The third kappa shape index (κ3) is 5.49. The first-order valence-corrected chi connectivity index (χ1v) is 8.80. The van der Waals surface area contributed by atoms with E-state index in [0.29, 0.717) is 6.04 Å². The van der Waals surface area contributed by atoms with Crippen LogP contribution >= 0.6 is 0 Å². The van der Waals surface area contributed by atoms with Gasteiger partial charge in [0.2, 0.25) is 0 Å². The van der Waals surface area contributed by atoms with E-state index in [1.54, 1.807) is 0 Å². The van der Waals surface area contributed by atoms with Crippen molar-refractivity contribution >= 4 is 0 Å². The molecule has 0 spiro atoms. The molecule has 0 bridgehead atoms. The van der Waals surface area contributed by atoms with E-state index in [-0.39, 0.29) is 0 Å². The van der Waals surface area contributed by atoms with Crippen LogP contribution in [-0.4, -0.2) is 105 Å². The minimum absolute atomic E-state index is 0.704. The highest BCUT2D eigenvalue weighted by Gasteiger charge is 2.22. The van der Waals surface area contributed by atoms with Gasteiger partial charge >= 0.3 is 0 Å². The van der Waals surface area contributed by atoms with Crippen LogP contribution in [0.5, 0.6) is 0 Å². The average molecular weight is 297 g/mol. The van der Waals surface area contributed by atoms with Crippen molar-refractivity contribution in [2.45, 2.75) is 25.8 Å². The third-order valence-electron chi connectivity index (χ3n) is 5.22. The summed E-state index contributed by atoms with van der Waals surface area (Å²) in [5, 5.41) is 0. The molecule has 2 saturated heterocycles. The highest BCUT2D eigenvalue weighted by Crippen LogP contribution is 2.12. The van der Waals surface area contributed by atoms with Crippen LogP contribution in [0.15, 0.2) is 0 Å². The number of rotatable bonds is 7. The molecule has 0 aromatic carbocycles. The number of piperazine rings is 2. The van der Waals surface area contributed by atoms with Crippen LogP contribution < -0.4 is 5.73 Å². The number of hydrogen-bond acceptors (Lipinski definition) is 5. The van der Waals surface area contributed by atoms with Gasteiger partial charge in [0.05, 0.1) is 0 Å². The van der Waals surface area contributed by atoms with Crippen molar-refractivity contribution in [3.05, 3.63) is 0 Å². The van der Waals surface area contributed by atoms with Crippen molar-refractivity contribution in [2.75, 3.05) is 79.0 Å². The lowest BCUT2D eigenvalue weighted by Gasteiger charge is -2.40. The molecular weight excluding hydrogens is 262 g/mol. The monoisotopic (exact) mass is 297 g/mol. The van der Waals surface area contributed by atoms with Crippen LogP contribution in [0.1, 0.15) is 19.8 Å². The molecule has 21 heavy (non-hydrogen) atoms. The Morgan fingerprint density at radius 1 is 0.857 bits per heavy atom. The van der Waals surface area contributed by atoms with Crippen LogP contribution in [0.2, 0.25) is 0 Å². The molecule has 2 fully saturated rings. The minimum atomic E-state index is 0.704. The summed E-state index contributed by atoms with van der Waals surface area (Å²) in [5.41, 5.74) is 5.73. The van der Waals surface area contributed by atoms with Gasteiger partial charge in [0.1, 0.15) is 0 Å². The van der Waals surface area contributed by atoms with Gasteiger partial charge in [0.15, 0.2) is 0 Å². The molecule has 0 amide bonds. The SMILES string of the molecule is CCC(CCN)N1CCN(CCN2CCN(C)CC2)CC1. The first-order chi connectivity index (χ1) is 10.2. The fraction of sp³-hybridized carbons (Fsp3) is 1.00. The Hall–Kier alpha value is -0.200. The quantitative estimate of drug-likeness (QED) is 0.715. The van der Waals surface area contributed by atoms with E-state index in [1.807, 2.05) is 0 Å². The Morgan fingerprint density at radius 2 is 1.38 bits per heavy atom. The smallest absolute Gasteiger partial charge is 0.0113 e. The van der Waals surface area contributed by atoms with Crippen molar-refractivity contribution in [1.82, 2.24) is 19.6 Å². The summed E-state index contributed by atoms with van der Waals surface area (Å²) in [6.07, 6.45) is 2.39.